The maximum atomic E-state index is 10.5. The second-order valence-corrected chi connectivity index (χ2v) is 6.39. The van der Waals surface area contributed by atoms with Crippen molar-refractivity contribution in [2.24, 2.45) is 0 Å². The van der Waals surface area contributed by atoms with Gasteiger partial charge in [-0.25, -0.2) is 0 Å². The zero-order valence-corrected chi connectivity index (χ0v) is 9.32. The van der Waals surface area contributed by atoms with E-state index in [2.05, 4.69) is 12.6 Å². The first-order valence-electron chi connectivity index (χ1n) is 3.31. The van der Waals surface area contributed by atoms with Crippen molar-refractivity contribution < 1.29 is 13.0 Å². The quantitative estimate of drug-likeness (QED) is 0.492. The van der Waals surface area contributed by atoms with Gasteiger partial charge < -0.3 is 6.15 Å². The van der Waals surface area contributed by atoms with E-state index in [1.54, 1.807) is 13.8 Å². The smallest absolute Gasteiger partial charge is 0.267 e. The molecule has 0 aromatic rings. The van der Waals surface area contributed by atoms with Crippen molar-refractivity contribution in [2.75, 3.05) is 0 Å². The molecule has 0 bridgehead atoms. The Bertz CT molecular complexity index is 217. The largest absolute Gasteiger partial charge is 0.344 e. The van der Waals surface area contributed by atoms with Crippen LogP contribution in [0, 0.1) is 0 Å². The van der Waals surface area contributed by atoms with E-state index in [-0.39, 0.29) is 10.9 Å². The summed E-state index contributed by atoms with van der Waals surface area (Å²) >= 11 is 4.15. The predicted octanol–water partition coefficient (Wildman–Crippen LogP) is 1.52. The maximum absolute atomic E-state index is 10.5. The third-order valence-electron chi connectivity index (χ3n) is 1.30. The van der Waals surface area contributed by atoms with E-state index in [9.17, 15) is 8.42 Å². The lowest BCUT2D eigenvalue weighted by atomic mass is 10.1. The van der Waals surface area contributed by atoms with Crippen LogP contribution in [0.3, 0.4) is 0 Å². The van der Waals surface area contributed by atoms with Crippen LogP contribution in [0.4, 0.5) is 0 Å². The molecule has 0 spiro atoms. The van der Waals surface area contributed by atoms with Crippen molar-refractivity contribution in [1.29, 1.82) is 0 Å². The van der Waals surface area contributed by atoms with Crippen LogP contribution in [0.15, 0.2) is 0 Å². The molecular weight excluding hydrogens is 198 g/mol. The lowest BCUT2D eigenvalue weighted by Crippen LogP contribution is -2.25. The van der Waals surface area contributed by atoms with Crippen LogP contribution in [-0.4, -0.2) is 23.0 Å². The molecule has 0 aliphatic carbocycles. The average Bonchev–Trinajstić information content (AvgIpc) is 1.56. The molecule has 12 heavy (non-hydrogen) atoms. The Morgan fingerprint density at radius 3 is 1.92 bits per heavy atom. The van der Waals surface area contributed by atoms with Crippen molar-refractivity contribution in [3.8, 4) is 0 Å². The Morgan fingerprint density at radius 1 is 1.50 bits per heavy atom. The van der Waals surface area contributed by atoms with Gasteiger partial charge in [-0.3, -0.25) is 4.55 Å². The van der Waals surface area contributed by atoms with E-state index in [1.165, 1.54) is 6.92 Å². The molecule has 4 N–H and O–H groups in total. The second-order valence-electron chi connectivity index (χ2n) is 3.34. The third kappa shape index (κ3) is 6.90. The van der Waals surface area contributed by atoms with Crippen LogP contribution in [0.25, 0.3) is 0 Å². The number of rotatable bonds is 3. The van der Waals surface area contributed by atoms with Crippen LogP contribution in [0.2, 0.25) is 0 Å². The lowest BCUT2D eigenvalue weighted by molar-refractivity contribution is 0.458. The van der Waals surface area contributed by atoms with Crippen molar-refractivity contribution in [3.63, 3.8) is 0 Å². The van der Waals surface area contributed by atoms with E-state index < -0.39 is 15.4 Å². The first-order valence-corrected chi connectivity index (χ1v) is 5.26. The minimum absolute atomic E-state index is 0. The van der Waals surface area contributed by atoms with Gasteiger partial charge >= 0.3 is 0 Å². The van der Waals surface area contributed by atoms with Gasteiger partial charge in [-0.05, 0) is 13.3 Å². The molecule has 0 amide bonds. The topological polar surface area (TPSA) is 89.4 Å². The lowest BCUT2D eigenvalue weighted by Gasteiger charge is -2.19. The van der Waals surface area contributed by atoms with Gasteiger partial charge in [0.15, 0.2) is 0 Å². The Morgan fingerprint density at radius 2 is 1.83 bits per heavy atom. The van der Waals surface area contributed by atoms with Crippen LogP contribution >= 0.6 is 12.6 Å². The Hall–Kier alpha value is 0.220. The number of hydrogen-bond acceptors (Lipinski definition) is 4. The van der Waals surface area contributed by atoms with Crippen molar-refractivity contribution in [1.82, 2.24) is 6.15 Å². The summed E-state index contributed by atoms with van der Waals surface area (Å²) in [5.41, 5.74) is 0. The molecule has 4 nitrogen and oxygen atoms in total. The summed E-state index contributed by atoms with van der Waals surface area (Å²) in [6.07, 6.45) is 0.342. The molecule has 0 rings (SSSR count). The maximum Gasteiger partial charge on any atom is 0.267 e. The van der Waals surface area contributed by atoms with Crippen LogP contribution in [0.5, 0.6) is 0 Å². The highest BCUT2D eigenvalue weighted by molar-refractivity contribution is 7.86. The van der Waals surface area contributed by atoms with Gasteiger partial charge in [0.05, 0.1) is 5.25 Å². The summed E-state index contributed by atoms with van der Waals surface area (Å²) in [7, 11) is -3.88. The Balaban J connectivity index is 0. The highest BCUT2D eigenvalue weighted by Gasteiger charge is 2.24. The summed E-state index contributed by atoms with van der Waals surface area (Å²) < 4.78 is 29.3. The summed E-state index contributed by atoms with van der Waals surface area (Å²) in [5, 5.41) is -0.741. The van der Waals surface area contributed by atoms with Gasteiger partial charge in [0.25, 0.3) is 10.1 Å². The fourth-order valence-electron chi connectivity index (χ4n) is 0.809. The normalized spacial score (nSPS) is 15.1. The predicted molar refractivity (Wildman–Crippen MR) is 53.7 cm³/mol. The summed E-state index contributed by atoms with van der Waals surface area (Å²) in [6.45, 7) is 5.07. The van der Waals surface area contributed by atoms with Gasteiger partial charge in [0.2, 0.25) is 0 Å². The molecule has 0 aliphatic heterocycles. The zero-order chi connectivity index (χ0) is 9.28. The summed E-state index contributed by atoms with van der Waals surface area (Å²) in [6, 6.07) is 0. The van der Waals surface area contributed by atoms with Crippen molar-refractivity contribution >= 4 is 22.7 Å². The molecule has 1 atom stereocenters. The third-order valence-corrected chi connectivity index (χ3v) is 2.66. The van der Waals surface area contributed by atoms with Gasteiger partial charge in [-0.2, -0.15) is 21.0 Å². The number of hydrogen-bond donors (Lipinski definition) is 3. The van der Waals surface area contributed by atoms with Crippen molar-refractivity contribution in [3.05, 3.63) is 0 Å². The highest BCUT2D eigenvalue weighted by atomic mass is 32.2. The van der Waals surface area contributed by atoms with Crippen molar-refractivity contribution in [2.45, 2.75) is 37.2 Å². The molecule has 0 saturated heterocycles. The highest BCUT2D eigenvalue weighted by Crippen LogP contribution is 2.21. The van der Waals surface area contributed by atoms with Gasteiger partial charge in [-0.15, -0.1) is 0 Å². The number of thiol groups is 1. The van der Waals surface area contributed by atoms with E-state index in [0.29, 0.717) is 6.42 Å². The zero-order valence-electron chi connectivity index (χ0n) is 7.61. The Kier molecular flexibility index (Phi) is 5.47. The molecular formula is C6H17NO3S2. The van der Waals surface area contributed by atoms with E-state index in [0.717, 1.165) is 0 Å². The summed E-state index contributed by atoms with van der Waals surface area (Å²) in [5.74, 6) is 0. The monoisotopic (exact) mass is 215 g/mol. The van der Waals surface area contributed by atoms with Crippen LogP contribution < -0.4 is 6.15 Å². The molecule has 0 fully saturated rings. The minimum atomic E-state index is -3.88. The van der Waals surface area contributed by atoms with E-state index in [1.807, 2.05) is 0 Å². The Labute approximate surface area is 79.5 Å². The van der Waals surface area contributed by atoms with Gasteiger partial charge in [0.1, 0.15) is 0 Å². The van der Waals surface area contributed by atoms with Gasteiger partial charge in [0, 0.05) is 4.75 Å². The summed E-state index contributed by atoms with van der Waals surface area (Å²) in [4.78, 5) is 0. The van der Waals surface area contributed by atoms with Crippen LogP contribution in [-0.2, 0) is 10.1 Å². The SMILES string of the molecule is CC(CC(C)(C)S)S(=O)(=O)O.N. The molecule has 0 radical (unpaired) electrons. The molecule has 76 valence electrons. The molecule has 6 heteroatoms. The molecule has 0 aliphatic rings. The van der Waals surface area contributed by atoms with Gasteiger partial charge in [-0.1, -0.05) is 13.8 Å². The molecule has 1 unspecified atom stereocenters. The first kappa shape index (κ1) is 14.7. The minimum Gasteiger partial charge on any atom is -0.344 e. The standard InChI is InChI=1S/C6H14O3S2.H3N/c1-5(11(7,8)9)4-6(2,3)10;/h5,10H,4H2,1-3H3,(H,7,8,9);1H3. The molecule has 0 aromatic heterocycles. The molecule has 0 aromatic carbocycles. The average molecular weight is 215 g/mol. The molecule has 0 heterocycles. The molecule has 0 saturated carbocycles. The van der Waals surface area contributed by atoms with E-state index >= 15 is 0 Å². The van der Waals surface area contributed by atoms with Crippen LogP contribution in [0.1, 0.15) is 27.2 Å². The fraction of sp³-hybridized carbons (Fsp3) is 1.00. The first-order chi connectivity index (χ1) is 4.63. The second kappa shape index (κ2) is 4.45. The van der Waals surface area contributed by atoms with E-state index in [4.69, 9.17) is 4.55 Å². The fourth-order valence-corrected chi connectivity index (χ4v) is 1.83.